The van der Waals surface area contributed by atoms with Crippen molar-refractivity contribution in [3.8, 4) is 0 Å². The molecule has 1 aromatic carbocycles. The van der Waals surface area contributed by atoms with Gasteiger partial charge in [0.1, 0.15) is 5.78 Å². The van der Waals surface area contributed by atoms with Crippen LogP contribution in [0.4, 0.5) is 4.79 Å². The van der Waals surface area contributed by atoms with Crippen LogP contribution in [0.2, 0.25) is 0 Å². The zero-order valence-electron chi connectivity index (χ0n) is 27.1. The molecule has 1 fully saturated rings. The summed E-state index contributed by atoms with van der Waals surface area (Å²) < 4.78 is 6.33. The van der Waals surface area contributed by atoms with E-state index in [1.54, 1.807) is 19.2 Å². The van der Waals surface area contributed by atoms with Crippen molar-refractivity contribution in [1.29, 1.82) is 0 Å². The molecule has 1 aliphatic rings. The maximum Gasteiger partial charge on any atom is 0.418 e. The first-order chi connectivity index (χ1) is 20.1. The van der Waals surface area contributed by atoms with Crippen molar-refractivity contribution in [3.05, 3.63) is 36.0 Å². The second-order valence-corrected chi connectivity index (χ2v) is 13.6. The maximum atomic E-state index is 14.0. The molecule has 5 atom stereocenters. The number of hydrogen-bond donors (Lipinski definition) is 1. The van der Waals surface area contributed by atoms with Crippen LogP contribution >= 0.6 is 0 Å². The van der Waals surface area contributed by atoms with Gasteiger partial charge in [-0.05, 0) is 63.5 Å². The van der Waals surface area contributed by atoms with E-state index in [-0.39, 0.29) is 60.1 Å². The van der Waals surface area contributed by atoms with E-state index in [1.807, 2.05) is 43.9 Å². The number of ether oxygens (including phenoxy) is 1. The molecule has 1 aromatic heterocycles. The van der Waals surface area contributed by atoms with E-state index < -0.39 is 24.0 Å². The molecule has 43 heavy (non-hydrogen) atoms. The molecule has 1 saturated heterocycles. The van der Waals surface area contributed by atoms with Gasteiger partial charge < -0.3 is 15.0 Å². The number of amides is 2. The highest BCUT2D eigenvalue weighted by molar-refractivity contribution is 5.96. The molecule has 1 N–H and O–H groups in total. The molecular weight excluding hydrogens is 546 g/mol. The number of methoxy groups -OCH3 is 1. The Hall–Kier alpha value is -3.49. The number of rotatable bonds is 11. The van der Waals surface area contributed by atoms with Crippen LogP contribution in [0.3, 0.4) is 0 Å². The number of ketones is 2. The molecule has 0 spiro atoms. The molecule has 0 saturated carbocycles. The van der Waals surface area contributed by atoms with E-state index in [1.165, 1.54) is 18.6 Å². The lowest BCUT2D eigenvalue weighted by Crippen LogP contribution is -2.50. The number of para-hydroxylation sites is 1. The minimum absolute atomic E-state index is 0.0262. The predicted molar refractivity (Wildman–Crippen MR) is 167 cm³/mol. The fourth-order valence-electron chi connectivity index (χ4n) is 6.23. The number of nitrogens with one attached hydrogen (secondary N) is 1. The molecular formula is C34H49N3O6. The van der Waals surface area contributed by atoms with Gasteiger partial charge in [-0.1, -0.05) is 45.9 Å². The molecule has 1 aliphatic heterocycles. The molecule has 3 rings (SSSR count). The summed E-state index contributed by atoms with van der Waals surface area (Å²) >= 11 is 0. The smallest absolute Gasteiger partial charge is 0.418 e. The lowest BCUT2D eigenvalue weighted by atomic mass is 9.82. The first kappa shape index (κ1) is 34.0. The van der Waals surface area contributed by atoms with Gasteiger partial charge >= 0.3 is 6.09 Å². The van der Waals surface area contributed by atoms with E-state index in [0.717, 1.165) is 24.6 Å². The monoisotopic (exact) mass is 595 g/mol. The lowest BCUT2D eigenvalue weighted by molar-refractivity contribution is -0.142. The largest absolute Gasteiger partial charge is 0.452 e. The van der Waals surface area contributed by atoms with Gasteiger partial charge in [-0.2, -0.15) is 0 Å². The predicted octanol–water partition coefficient (Wildman–Crippen LogP) is 5.70. The number of fused-ring (bicyclic) bond motifs is 1. The third-order valence-electron chi connectivity index (χ3n) is 8.63. The van der Waals surface area contributed by atoms with Crippen molar-refractivity contribution >= 4 is 40.4 Å². The van der Waals surface area contributed by atoms with E-state index in [9.17, 15) is 24.0 Å². The number of carbonyl (C=O) groups excluding carboxylic acids is 5. The number of Topliss-reactive ketones (excluding diaryl/α,β-unsaturated/α-hetero) is 2. The molecule has 0 bridgehead atoms. The van der Waals surface area contributed by atoms with Crippen molar-refractivity contribution in [2.24, 2.45) is 17.3 Å². The van der Waals surface area contributed by atoms with Gasteiger partial charge in [-0.25, -0.2) is 4.79 Å². The molecule has 2 aromatic rings. The Bertz CT molecular complexity index is 1330. The van der Waals surface area contributed by atoms with Gasteiger partial charge in [0.2, 0.25) is 11.8 Å². The fourth-order valence-corrected chi connectivity index (χ4v) is 6.23. The second kappa shape index (κ2) is 14.3. The first-order valence-corrected chi connectivity index (χ1v) is 15.4. The average Bonchev–Trinajstić information content (AvgIpc) is 3.29. The third kappa shape index (κ3) is 8.77. The number of nitrogens with zero attached hydrogens (tertiary/aromatic N) is 2. The quantitative estimate of drug-likeness (QED) is 0.356. The van der Waals surface area contributed by atoms with Crippen molar-refractivity contribution < 1.29 is 28.7 Å². The zero-order valence-corrected chi connectivity index (χ0v) is 27.1. The number of likely N-dealkylation sites (tertiary alicyclic amines) is 1. The molecule has 0 unspecified atom stereocenters. The van der Waals surface area contributed by atoms with Gasteiger partial charge in [0, 0.05) is 54.8 Å². The summed E-state index contributed by atoms with van der Waals surface area (Å²) in [5.41, 5.74) is 1.08. The number of piperidine rings is 1. The Kier molecular flexibility index (Phi) is 11.3. The highest BCUT2D eigenvalue weighted by Gasteiger charge is 2.35. The minimum atomic E-state index is -0.948. The summed E-state index contributed by atoms with van der Waals surface area (Å²) in [6, 6.07) is 6.58. The molecule has 236 valence electrons. The van der Waals surface area contributed by atoms with Crippen molar-refractivity contribution in [3.63, 3.8) is 0 Å². The highest BCUT2D eigenvalue weighted by atomic mass is 16.5. The summed E-state index contributed by atoms with van der Waals surface area (Å²) in [5, 5.41) is 3.74. The van der Waals surface area contributed by atoms with Crippen molar-refractivity contribution in [2.75, 3.05) is 7.11 Å². The van der Waals surface area contributed by atoms with Crippen LogP contribution in [-0.2, 0) is 30.3 Å². The summed E-state index contributed by atoms with van der Waals surface area (Å²) in [6.07, 6.45) is 4.64. The summed E-state index contributed by atoms with van der Waals surface area (Å²) in [4.78, 5) is 67.6. The Morgan fingerprint density at radius 3 is 2.23 bits per heavy atom. The van der Waals surface area contributed by atoms with Gasteiger partial charge in [0.05, 0.1) is 18.7 Å². The lowest BCUT2D eigenvalue weighted by Gasteiger charge is -2.40. The van der Waals surface area contributed by atoms with Crippen molar-refractivity contribution in [2.45, 2.75) is 112 Å². The first-order valence-electron chi connectivity index (χ1n) is 15.4. The number of hydrogen-bond acceptors (Lipinski definition) is 6. The van der Waals surface area contributed by atoms with Crippen LogP contribution < -0.4 is 5.32 Å². The molecule has 0 aliphatic carbocycles. The van der Waals surface area contributed by atoms with Crippen LogP contribution in [0.5, 0.6) is 0 Å². The summed E-state index contributed by atoms with van der Waals surface area (Å²) in [7, 11) is 1.30. The van der Waals surface area contributed by atoms with E-state index in [2.05, 4.69) is 19.2 Å². The fraction of sp³-hybridized carbons (Fsp3) is 0.618. The third-order valence-corrected chi connectivity index (χ3v) is 8.63. The van der Waals surface area contributed by atoms with Crippen LogP contribution in [0.25, 0.3) is 10.9 Å². The van der Waals surface area contributed by atoms with Gasteiger partial charge in [0.15, 0.2) is 5.78 Å². The second-order valence-electron chi connectivity index (χ2n) is 13.6. The van der Waals surface area contributed by atoms with Gasteiger partial charge in [-0.3, -0.25) is 23.7 Å². The number of aromatic nitrogens is 1. The molecule has 2 heterocycles. The molecule has 2 amide bonds. The Balaban J connectivity index is 1.94. The molecule has 9 nitrogen and oxygen atoms in total. The average molecular weight is 596 g/mol. The van der Waals surface area contributed by atoms with Crippen molar-refractivity contribution in [1.82, 2.24) is 14.8 Å². The van der Waals surface area contributed by atoms with Gasteiger partial charge in [-0.15, -0.1) is 0 Å². The minimum Gasteiger partial charge on any atom is -0.452 e. The standard InChI is InChI=1S/C34H49N3O6/c1-21(24(4)38)16-30(39)28(17-26-20-36(33(42)43-8)29-15-10-9-14-27(26)29)35-32(41)25(19-34(5,6)7)18-31(40)37-22(2)12-11-13-23(37)3/h9-10,14-15,20-23,25,28H,11-13,16-19H2,1-8H3,(H,35,41)/t21-,22-,23+,25-,28+/m0/s1. The Labute approximate surface area is 255 Å². The number of carbonyl (C=O) groups is 5. The van der Waals surface area contributed by atoms with Crippen LogP contribution in [-0.4, -0.2) is 64.2 Å². The van der Waals surface area contributed by atoms with Gasteiger partial charge in [0.25, 0.3) is 0 Å². The van der Waals surface area contributed by atoms with Crippen LogP contribution in [0.1, 0.15) is 92.6 Å². The Morgan fingerprint density at radius 1 is 1.02 bits per heavy atom. The zero-order chi connectivity index (χ0) is 32.1. The Morgan fingerprint density at radius 2 is 1.65 bits per heavy atom. The topological polar surface area (TPSA) is 115 Å². The summed E-state index contributed by atoms with van der Waals surface area (Å²) in [5.74, 6) is -1.92. The van der Waals surface area contributed by atoms with Crippen LogP contribution in [0.15, 0.2) is 30.5 Å². The summed E-state index contributed by atoms with van der Waals surface area (Å²) in [6.45, 7) is 13.4. The van der Waals surface area contributed by atoms with E-state index in [0.29, 0.717) is 17.5 Å². The van der Waals surface area contributed by atoms with Crippen LogP contribution in [0, 0.1) is 17.3 Å². The highest BCUT2D eigenvalue weighted by Crippen LogP contribution is 2.30. The number of benzene rings is 1. The van der Waals surface area contributed by atoms with E-state index >= 15 is 0 Å². The van der Waals surface area contributed by atoms with E-state index in [4.69, 9.17) is 4.74 Å². The molecule has 9 heteroatoms. The molecule has 0 radical (unpaired) electrons. The maximum absolute atomic E-state index is 14.0. The normalized spacial score (nSPS) is 19.4. The SMILES string of the molecule is COC(=O)n1cc(C[C@@H](NC(=O)[C@@H](CC(=O)N2[C@H](C)CCC[C@@H]2C)CC(C)(C)C)C(=O)C[C@H](C)C(C)=O)c2ccccc21.